The highest BCUT2D eigenvalue weighted by molar-refractivity contribution is 5.83. The van der Waals surface area contributed by atoms with Gasteiger partial charge in [-0.25, -0.2) is 0 Å². The number of ketones is 1. The number of carbonyl (C=O) groups is 1. The first kappa shape index (κ1) is 21.1. The molecule has 4 saturated carbocycles. The Morgan fingerprint density at radius 1 is 0.903 bits per heavy atom. The van der Waals surface area contributed by atoms with Crippen molar-refractivity contribution < 1.29 is 15.0 Å². The lowest BCUT2D eigenvalue weighted by molar-refractivity contribution is -0.175. The second kappa shape index (κ2) is 7.03. The molecule has 4 nitrogen and oxygen atoms in total. The summed E-state index contributed by atoms with van der Waals surface area (Å²) >= 11 is 0. The van der Waals surface area contributed by atoms with Crippen LogP contribution in [0.15, 0.2) is 0 Å². The molecule has 7 unspecified atom stereocenters. The molecule has 4 heteroatoms. The molecule has 174 valence electrons. The molecule has 2 N–H and O–H groups in total. The van der Waals surface area contributed by atoms with Crippen LogP contribution in [0.25, 0.3) is 0 Å². The van der Waals surface area contributed by atoms with Crippen LogP contribution in [0.3, 0.4) is 0 Å². The Balaban J connectivity index is 1.31. The number of Topliss-reactive ketones (excluding diaryl/α,β-unsaturated/α-hetero) is 1. The van der Waals surface area contributed by atoms with E-state index in [4.69, 9.17) is 0 Å². The smallest absolute Gasteiger partial charge is 0.136 e. The van der Waals surface area contributed by atoms with E-state index < -0.39 is 5.60 Å². The molecule has 0 amide bonds. The van der Waals surface area contributed by atoms with Crippen LogP contribution < -0.4 is 0 Å². The topological polar surface area (TPSA) is 60.8 Å². The maximum Gasteiger partial charge on any atom is 0.136 e. The highest BCUT2D eigenvalue weighted by atomic mass is 16.3. The van der Waals surface area contributed by atoms with Crippen LogP contribution in [-0.2, 0) is 4.79 Å². The van der Waals surface area contributed by atoms with Gasteiger partial charge in [0.25, 0.3) is 0 Å². The van der Waals surface area contributed by atoms with E-state index in [1.165, 1.54) is 25.8 Å². The number of rotatable bonds is 0. The van der Waals surface area contributed by atoms with Crippen LogP contribution in [0, 0.1) is 52.8 Å². The molecule has 0 aromatic heterocycles. The highest BCUT2D eigenvalue weighted by Crippen LogP contribution is 2.66. The highest BCUT2D eigenvalue weighted by Gasteiger charge is 2.64. The maximum absolute atomic E-state index is 13.2. The zero-order valence-electron chi connectivity index (χ0n) is 19.8. The van der Waals surface area contributed by atoms with Crippen molar-refractivity contribution >= 4 is 5.78 Å². The molecule has 0 radical (unpaired) electrons. The largest absolute Gasteiger partial charge is 0.393 e. The van der Waals surface area contributed by atoms with Crippen molar-refractivity contribution in [2.75, 3.05) is 13.1 Å². The van der Waals surface area contributed by atoms with Crippen LogP contribution in [-0.4, -0.2) is 51.7 Å². The molecule has 2 aliphatic heterocycles. The number of fused-ring (bicyclic) bond motifs is 8. The molecule has 0 spiro atoms. The Bertz CT molecular complexity index is 751. The standard InChI is InChI=1S/C27H43NO3/c1-15-4-7-25-27(3,31)21-6-5-17-18(20(21)14-28(25)13-15)11-22-19(17)12-24(30)23-10-16(29)8-9-26(22,23)2/h15-23,25,29,31H,4-14H2,1-3H3/t15-,16-,17?,18?,19?,20?,21?,22?,23+,25?,26+,27-/m0/s1. The van der Waals surface area contributed by atoms with Crippen molar-refractivity contribution in [1.82, 2.24) is 4.90 Å². The second-order valence-electron chi connectivity index (χ2n) is 13.2. The number of nitrogens with zero attached hydrogens (tertiary/aromatic N) is 1. The normalized spacial score (nSPS) is 59.2. The molecule has 6 rings (SSSR count). The van der Waals surface area contributed by atoms with E-state index in [0.717, 1.165) is 44.6 Å². The van der Waals surface area contributed by atoms with E-state index in [9.17, 15) is 15.0 Å². The van der Waals surface area contributed by atoms with Crippen LogP contribution in [0.5, 0.6) is 0 Å². The lowest BCUT2D eigenvalue weighted by Crippen LogP contribution is -2.67. The van der Waals surface area contributed by atoms with Gasteiger partial charge in [0.2, 0.25) is 0 Å². The summed E-state index contributed by atoms with van der Waals surface area (Å²) in [5, 5.41) is 22.1. The van der Waals surface area contributed by atoms with E-state index in [-0.39, 0.29) is 17.4 Å². The minimum absolute atomic E-state index is 0.0789. The van der Waals surface area contributed by atoms with Crippen molar-refractivity contribution in [3.63, 3.8) is 0 Å². The zero-order valence-corrected chi connectivity index (χ0v) is 19.8. The lowest BCUT2D eigenvalue weighted by Gasteiger charge is -2.59. The van der Waals surface area contributed by atoms with Gasteiger partial charge in [0.05, 0.1) is 11.7 Å². The molecule has 0 aromatic carbocycles. The average molecular weight is 430 g/mol. The molecule has 6 aliphatic rings. The number of piperidine rings is 2. The fourth-order valence-corrected chi connectivity index (χ4v) is 10.4. The van der Waals surface area contributed by atoms with Gasteiger partial charge in [-0.3, -0.25) is 9.69 Å². The molecule has 0 bridgehead atoms. The van der Waals surface area contributed by atoms with Crippen molar-refractivity contribution in [3.05, 3.63) is 0 Å². The van der Waals surface area contributed by atoms with Gasteiger partial charge in [0.1, 0.15) is 5.78 Å². The van der Waals surface area contributed by atoms with E-state index in [1.807, 2.05) is 0 Å². The van der Waals surface area contributed by atoms with Gasteiger partial charge in [-0.2, -0.15) is 0 Å². The van der Waals surface area contributed by atoms with Crippen molar-refractivity contribution in [3.8, 4) is 0 Å². The molecule has 6 fully saturated rings. The zero-order chi connectivity index (χ0) is 21.7. The third-order valence-electron chi connectivity index (χ3n) is 11.8. The first-order chi connectivity index (χ1) is 14.7. The molecule has 2 heterocycles. The summed E-state index contributed by atoms with van der Waals surface area (Å²) in [5.41, 5.74) is -0.482. The summed E-state index contributed by atoms with van der Waals surface area (Å²) in [6, 6.07) is 0.341. The third-order valence-corrected chi connectivity index (χ3v) is 11.8. The van der Waals surface area contributed by atoms with Gasteiger partial charge in [0.15, 0.2) is 0 Å². The number of aliphatic hydroxyl groups is 2. The molecular weight excluding hydrogens is 386 g/mol. The van der Waals surface area contributed by atoms with E-state index in [1.54, 1.807) is 0 Å². The first-order valence-electron chi connectivity index (χ1n) is 13.4. The predicted molar refractivity (Wildman–Crippen MR) is 120 cm³/mol. The molecule has 2 saturated heterocycles. The Kier molecular flexibility index (Phi) is 4.78. The average Bonchev–Trinajstić information content (AvgIpc) is 3.09. The number of hydrogen-bond acceptors (Lipinski definition) is 4. The van der Waals surface area contributed by atoms with Crippen LogP contribution >= 0.6 is 0 Å². The summed E-state index contributed by atoms with van der Waals surface area (Å²) < 4.78 is 0. The summed E-state index contributed by atoms with van der Waals surface area (Å²) in [7, 11) is 0. The fourth-order valence-electron chi connectivity index (χ4n) is 10.4. The number of hydrogen-bond donors (Lipinski definition) is 2. The van der Waals surface area contributed by atoms with Gasteiger partial charge in [0, 0.05) is 31.5 Å². The summed E-state index contributed by atoms with van der Waals surface area (Å²) in [5.74, 6) is 4.82. The molecule has 31 heavy (non-hydrogen) atoms. The molecular formula is C27H43NO3. The number of aliphatic hydroxyl groups excluding tert-OH is 1. The van der Waals surface area contributed by atoms with Gasteiger partial charge in [-0.1, -0.05) is 13.8 Å². The Labute approximate surface area is 188 Å². The van der Waals surface area contributed by atoms with Crippen LogP contribution in [0.1, 0.15) is 78.6 Å². The van der Waals surface area contributed by atoms with E-state index >= 15 is 0 Å². The predicted octanol–water partition coefficient (Wildman–Crippen LogP) is 3.89. The lowest BCUT2D eigenvalue weighted by atomic mass is 9.51. The summed E-state index contributed by atoms with van der Waals surface area (Å²) in [6.07, 6.45) is 9.08. The second-order valence-corrected chi connectivity index (χ2v) is 13.2. The van der Waals surface area contributed by atoms with Crippen molar-refractivity contribution in [2.24, 2.45) is 52.8 Å². The van der Waals surface area contributed by atoms with E-state index in [2.05, 4.69) is 25.7 Å². The minimum Gasteiger partial charge on any atom is -0.393 e. The van der Waals surface area contributed by atoms with Crippen LogP contribution in [0.4, 0.5) is 0 Å². The van der Waals surface area contributed by atoms with Crippen molar-refractivity contribution in [2.45, 2.75) is 96.3 Å². The molecule has 4 aliphatic carbocycles. The third kappa shape index (κ3) is 2.93. The summed E-state index contributed by atoms with van der Waals surface area (Å²) in [6.45, 7) is 9.23. The SMILES string of the molecule is C[C@H]1CCC2N(CC3C4CC5C(CC(=O)[C@H]6C[C@@H](O)CC[C@]56C)C4CCC3[C@]2(C)O)C1. The Morgan fingerprint density at radius 2 is 1.71 bits per heavy atom. The van der Waals surface area contributed by atoms with Gasteiger partial charge >= 0.3 is 0 Å². The minimum atomic E-state index is -0.570. The Morgan fingerprint density at radius 3 is 2.52 bits per heavy atom. The number of carbonyl (C=O) groups excluding carboxylic acids is 1. The first-order valence-corrected chi connectivity index (χ1v) is 13.4. The monoisotopic (exact) mass is 429 g/mol. The van der Waals surface area contributed by atoms with E-state index in [0.29, 0.717) is 53.8 Å². The van der Waals surface area contributed by atoms with Crippen LogP contribution in [0.2, 0.25) is 0 Å². The fraction of sp³-hybridized carbons (Fsp3) is 0.963. The summed E-state index contributed by atoms with van der Waals surface area (Å²) in [4.78, 5) is 15.9. The maximum atomic E-state index is 13.2. The molecule has 0 aromatic rings. The quantitative estimate of drug-likeness (QED) is 0.613. The molecule has 12 atom stereocenters. The van der Waals surface area contributed by atoms with Gasteiger partial charge in [-0.15, -0.1) is 0 Å². The van der Waals surface area contributed by atoms with Gasteiger partial charge < -0.3 is 10.2 Å². The van der Waals surface area contributed by atoms with Crippen molar-refractivity contribution in [1.29, 1.82) is 0 Å². The Hall–Kier alpha value is -0.450. The van der Waals surface area contributed by atoms with Gasteiger partial charge in [-0.05, 0) is 105 Å².